The smallest absolute Gasteiger partial charge is 0.406 e. The lowest BCUT2D eigenvalue weighted by Crippen LogP contribution is -2.28. The first-order valence-corrected chi connectivity index (χ1v) is 10.9. The molecule has 2 aromatic carbocycles. The zero-order chi connectivity index (χ0) is 22.2. The molecule has 2 heterocycles. The third-order valence-corrected chi connectivity index (χ3v) is 5.99. The number of aromatic nitrogens is 2. The second-order valence-corrected chi connectivity index (χ2v) is 8.71. The van der Waals surface area contributed by atoms with Gasteiger partial charge in [0, 0.05) is 33.7 Å². The predicted octanol–water partition coefficient (Wildman–Crippen LogP) is 4.25. The second kappa shape index (κ2) is 8.35. The van der Waals surface area contributed by atoms with Crippen molar-refractivity contribution < 1.29 is 26.9 Å². The molecule has 6 nitrogen and oxygen atoms in total. The van der Waals surface area contributed by atoms with Gasteiger partial charge < -0.3 is 9.64 Å². The summed E-state index contributed by atoms with van der Waals surface area (Å²) in [6.07, 6.45) is -4.83. The maximum Gasteiger partial charge on any atom is 0.573 e. The number of ether oxygens (including phenoxy) is 1. The molecule has 31 heavy (non-hydrogen) atoms. The summed E-state index contributed by atoms with van der Waals surface area (Å²) in [6.45, 7) is 0.347. The van der Waals surface area contributed by atoms with Gasteiger partial charge in [-0.25, -0.2) is 4.68 Å². The predicted molar refractivity (Wildman–Crippen MR) is 110 cm³/mol. The van der Waals surface area contributed by atoms with Gasteiger partial charge in [-0.05, 0) is 36.4 Å². The summed E-state index contributed by atoms with van der Waals surface area (Å²) in [7, 11) is -1.10. The minimum atomic E-state index is -4.83. The summed E-state index contributed by atoms with van der Waals surface area (Å²) in [5.74, 6) is -0.292. The van der Waals surface area contributed by atoms with Gasteiger partial charge in [0.15, 0.2) is 5.69 Å². The maximum absolute atomic E-state index is 12.9. The molecule has 1 saturated heterocycles. The first-order chi connectivity index (χ1) is 14.7. The summed E-state index contributed by atoms with van der Waals surface area (Å²) in [5.41, 5.74) is 1.33. The number of amides is 1. The van der Waals surface area contributed by atoms with E-state index in [1.165, 1.54) is 33.8 Å². The molecule has 0 radical (unpaired) electrons. The molecule has 1 aliphatic heterocycles. The lowest BCUT2D eigenvalue weighted by atomic mass is 10.1. The van der Waals surface area contributed by atoms with Crippen molar-refractivity contribution in [1.29, 1.82) is 0 Å². The molecule has 0 N–H and O–H groups in total. The molecule has 3 aromatic rings. The van der Waals surface area contributed by atoms with Crippen molar-refractivity contribution in [3.8, 4) is 22.7 Å². The zero-order valence-corrected chi connectivity index (χ0v) is 17.4. The van der Waals surface area contributed by atoms with E-state index in [0.29, 0.717) is 34.3 Å². The fraction of sp³-hybridized carbons (Fsp3) is 0.200. The second-order valence-electron chi connectivity index (χ2n) is 6.72. The number of halogens is 4. The Morgan fingerprint density at radius 2 is 1.90 bits per heavy atom. The lowest BCUT2D eigenvalue weighted by molar-refractivity contribution is -0.274. The largest absolute Gasteiger partial charge is 0.573 e. The van der Waals surface area contributed by atoms with Gasteiger partial charge in [0.1, 0.15) is 5.75 Å². The van der Waals surface area contributed by atoms with Gasteiger partial charge in [-0.2, -0.15) is 5.10 Å². The minimum absolute atomic E-state index is 0.0796. The number of hydrogen-bond acceptors (Lipinski definition) is 4. The van der Waals surface area contributed by atoms with Crippen LogP contribution in [0.1, 0.15) is 10.5 Å². The molecule has 1 unspecified atom stereocenters. The van der Waals surface area contributed by atoms with Crippen LogP contribution < -0.4 is 4.74 Å². The molecule has 1 aliphatic rings. The van der Waals surface area contributed by atoms with Crippen LogP contribution in [0, 0.1) is 0 Å². The molecule has 0 spiro atoms. The number of carbonyl (C=O) groups is 1. The highest BCUT2D eigenvalue weighted by atomic mass is 35.5. The Morgan fingerprint density at radius 3 is 2.58 bits per heavy atom. The Bertz CT molecular complexity index is 1170. The van der Waals surface area contributed by atoms with E-state index in [1.54, 1.807) is 30.3 Å². The van der Waals surface area contributed by atoms with E-state index >= 15 is 0 Å². The number of rotatable bonds is 4. The number of carbonyl (C=O) groups excluding carboxylic acids is 1. The Labute approximate surface area is 182 Å². The van der Waals surface area contributed by atoms with E-state index in [1.807, 2.05) is 0 Å². The number of nitrogens with zero attached hydrogens (tertiary/aromatic N) is 3. The first kappa shape index (κ1) is 21.4. The van der Waals surface area contributed by atoms with Crippen LogP contribution in [0.3, 0.4) is 0 Å². The summed E-state index contributed by atoms with van der Waals surface area (Å²) in [5, 5.41) is 4.80. The van der Waals surface area contributed by atoms with Gasteiger partial charge in [-0.3, -0.25) is 9.00 Å². The van der Waals surface area contributed by atoms with Crippen LogP contribution >= 0.6 is 11.6 Å². The Kier molecular flexibility index (Phi) is 5.76. The van der Waals surface area contributed by atoms with Crippen LogP contribution in [0.15, 0.2) is 54.6 Å². The first-order valence-electron chi connectivity index (χ1n) is 9.06. The number of benzene rings is 2. The standard InChI is InChI=1S/C20H15ClF3N3O3S/c21-14-4-2-5-15(10-14)27-18(13-3-1-6-16(9-13)30-20(22,23)24)11-17(25-27)19(28)26-7-8-31(29)12-26/h1-6,9-11H,7-8,12H2. The van der Waals surface area contributed by atoms with Crippen LogP contribution in [0.4, 0.5) is 13.2 Å². The average molecular weight is 470 g/mol. The van der Waals surface area contributed by atoms with Gasteiger partial charge in [0.25, 0.3) is 5.91 Å². The van der Waals surface area contributed by atoms with Crippen molar-refractivity contribution in [2.24, 2.45) is 0 Å². The van der Waals surface area contributed by atoms with Gasteiger partial charge in [0.2, 0.25) is 0 Å². The summed E-state index contributed by atoms with van der Waals surface area (Å²) < 4.78 is 55.1. The highest BCUT2D eigenvalue weighted by Gasteiger charge is 2.31. The molecule has 1 aromatic heterocycles. The van der Waals surface area contributed by atoms with E-state index in [0.717, 1.165) is 0 Å². The van der Waals surface area contributed by atoms with Gasteiger partial charge in [-0.15, -0.1) is 13.2 Å². The Balaban J connectivity index is 1.79. The van der Waals surface area contributed by atoms with Crippen LogP contribution in [-0.2, 0) is 10.8 Å². The molecular weight excluding hydrogens is 455 g/mol. The van der Waals surface area contributed by atoms with Crippen LogP contribution in [0.2, 0.25) is 5.02 Å². The van der Waals surface area contributed by atoms with Crippen molar-refractivity contribution >= 4 is 28.3 Å². The summed E-state index contributed by atoms with van der Waals surface area (Å²) in [6, 6.07) is 13.6. The number of alkyl halides is 3. The van der Waals surface area contributed by atoms with Crippen LogP contribution in [-0.4, -0.2) is 49.3 Å². The van der Waals surface area contributed by atoms with Crippen molar-refractivity contribution in [2.75, 3.05) is 18.2 Å². The molecule has 1 amide bonds. The van der Waals surface area contributed by atoms with Gasteiger partial charge in [0.05, 0.1) is 17.3 Å². The third-order valence-electron chi connectivity index (χ3n) is 4.52. The third kappa shape index (κ3) is 4.91. The van der Waals surface area contributed by atoms with Crippen LogP contribution in [0.5, 0.6) is 5.75 Å². The summed E-state index contributed by atoms with van der Waals surface area (Å²) in [4.78, 5) is 14.3. The SMILES string of the molecule is O=C(c1cc(-c2cccc(OC(F)(F)F)c2)n(-c2cccc(Cl)c2)n1)N1CCS(=O)C1. The van der Waals surface area contributed by atoms with Gasteiger partial charge in [-0.1, -0.05) is 29.8 Å². The number of hydrogen-bond donors (Lipinski definition) is 0. The van der Waals surface area contributed by atoms with E-state index in [4.69, 9.17) is 11.6 Å². The van der Waals surface area contributed by atoms with Crippen molar-refractivity contribution in [3.63, 3.8) is 0 Å². The molecule has 1 atom stereocenters. The Morgan fingerprint density at radius 1 is 1.13 bits per heavy atom. The molecule has 0 bridgehead atoms. The highest BCUT2D eigenvalue weighted by Crippen LogP contribution is 2.31. The molecule has 11 heteroatoms. The molecule has 0 saturated carbocycles. The maximum atomic E-state index is 12.9. The zero-order valence-electron chi connectivity index (χ0n) is 15.8. The fourth-order valence-corrected chi connectivity index (χ4v) is 4.52. The molecule has 4 rings (SSSR count). The fourth-order valence-electron chi connectivity index (χ4n) is 3.19. The highest BCUT2D eigenvalue weighted by molar-refractivity contribution is 7.85. The molecule has 0 aliphatic carbocycles. The molecule has 162 valence electrons. The van der Waals surface area contributed by atoms with E-state index in [-0.39, 0.29) is 11.6 Å². The van der Waals surface area contributed by atoms with E-state index in [2.05, 4.69) is 9.84 Å². The van der Waals surface area contributed by atoms with Crippen LogP contribution in [0.25, 0.3) is 16.9 Å². The lowest BCUT2D eigenvalue weighted by Gasteiger charge is -2.11. The Hall–Kier alpha value is -2.85. The average Bonchev–Trinajstić information content (AvgIpc) is 3.33. The van der Waals surface area contributed by atoms with Crippen molar-refractivity contribution in [3.05, 3.63) is 65.3 Å². The van der Waals surface area contributed by atoms with E-state index < -0.39 is 28.8 Å². The topological polar surface area (TPSA) is 64.4 Å². The monoisotopic (exact) mass is 469 g/mol. The molecular formula is C20H15ClF3N3O3S. The molecule has 1 fully saturated rings. The van der Waals surface area contributed by atoms with Gasteiger partial charge >= 0.3 is 6.36 Å². The van der Waals surface area contributed by atoms with Crippen molar-refractivity contribution in [1.82, 2.24) is 14.7 Å². The quantitative estimate of drug-likeness (QED) is 0.573. The van der Waals surface area contributed by atoms with Crippen molar-refractivity contribution in [2.45, 2.75) is 6.36 Å². The van der Waals surface area contributed by atoms with E-state index in [9.17, 15) is 22.2 Å². The summed E-state index contributed by atoms with van der Waals surface area (Å²) >= 11 is 6.08. The normalized spacial score (nSPS) is 16.5. The minimum Gasteiger partial charge on any atom is -0.406 e.